The molecule has 2 heterocycles. The van der Waals surface area contributed by atoms with Crippen LogP contribution >= 0.6 is 11.8 Å². The van der Waals surface area contributed by atoms with Crippen LogP contribution in [0, 0.1) is 11.8 Å². The molecule has 1 atom stereocenters. The zero-order valence-corrected chi connectivity index (χ0v) is 11.8. The number of amides is 1. The minimum atomic E-state index is 0.289. The lowest BCUT2D eigenvalue weighted by atomic mass is 10.0. The summed E-state index contributed by atoms with van der Waals surface area (Å²) in [5, 5.41) is 3.35. The van der Waals surface area contributed by atoms with Gasteiger partial charge in [-0.2, -0.15) is 11.8 Å². The van der Waals surface area contributed by atoms with E-state index in [1.807, 2.05) is 11.8 Å². The van der Waals surface area contributed by atoms with Gasteiger partial charge in [-0.05, 0) is 42.6 Å². The van der Waals surface area contributed by atoms with Crippen molar-refractivity contribution in [3.8, 4) is 0 Å². The van der Waals surface area contributed by atoms with E-state index in [4.69, 9.17) is 0 Å². The van der Waals surface area contributed by atoms with Crippen molar-refractivity contribution < 1.29 is 4.79 Å². The average molecular weight is 256 g/mol. The zero-order valence-electron chi connectivity index (χ0n) is 10.9. The van der Waals surface area contributed by atoms with E-state index in [0.29, 0.717) is 18.4 Å². The molecule has 0 aromatic carbocycles. The second-order valence-corrected chi connectivity index (χ2v) is 6.85. The molecule has 1 unspecified atom stereocenters. The third-order valence-corrected chi connectivity index (χ3v) is 4.72. The monoisotopic (exact) mass is 256 g/mol. The van der Waals surface area contributed by atoms with E-state index < -0.39 is 0 Å². The Bertz CT molecular complexity index is 264. The fourth-order valence-electron chi connectivity index (χ4n) is 2.68. The lowest BCUT2D eigenvalue weighted by Crippen LogP contribution is -2.41. The first-order chi connectivity index (χ1) is 8.16. The van der Waals surface area contributed by atoms with Crippen molar-refractivity contribution in [2.45, 2.75) is 39.3 Å². The minimum absolute atomic E-state index is 0.289. The standard InChI is InChI=1S/C13H24N2OS/c1-10(2)7-12-14-8-13(16)15(12)9-11-3-5-17-6-4-11/h10-12,14H,3-9H2,1-2H3. The van der Waals surface area contributed by atoms with Crippen molar-refractivity contribution in [2.75, 3.05) is 24.6 Å². The zero-order chi connectivity index (χ0) is 12.3. The van der Waals surface area contributed by atoms with Crippen LogP contribution in [0.2, 0.25) is 0 Å². The Hall–Kier alpha value is -0.220. The summed E-state index contributed by atoms with van der Waals surface area (Å²) in [5.41, 5.74) is 0. The largest absolute Gasteiger partial charge is 0.326 e. The van der Waals surface area contributed by atoms with Gasteiger partial charge in [0.05, 0.1) is 12.7 Å². The predicted octanol–water partition coefficient (Wildman–Crippen LogP) is 1.93. The molecule has 0 bridgehead atoms. The predicted molar refractivity (Wildman–Crippen MR) is 73.0 cm³/mol. The third kappa shape index (κ3) is 3.62. The van der Waals surface area contributed by atoms with Gasteiger partial charge in [0.25, 0.3) is 0 Å². The van der Waals surface area contributed by atoms with E-state index in [9.17, 15) is 4.79 Å². The van der Waals surface area contributed by atoms with Crippen molar-refractivity contribution in [2.24, 2.45) is 11.8 Å². The molecule has 1 amide bonds. The Balaban J connectivity index is 1.88. The first-order valence-electron chi connectivity index (χ1n) is 6.77. The normalized spacial score (nSPS) is 27.1. The Morgan fingerprint density at radius 2 is 2.12 bits per heavy atom. The van der Waals surface area contributed by atoms with E-state index in [0.717, 1.165) is 18.9 Å². The molecule has 4 heteroatoms. The summed E-state index contributed by atoms with van der Waals surface area (Å²) >= 11 is 2.05. The molecule has 2 fully saturated rings. The lowest BCUT2D eigenvalue weighted by Gasteiger charge is -2.31. The summed E-state index contributed by atoms with van der Waals surface area (Å²) in [6.07, 6.45) is 3.93. The van der Waals surface area contributed by atoms with Crippen LogP contribution in [0.3, 0.4) is 0 Å². The number of carbonyl (C=O) groups is 1. The number of rotatable bonds is 4. The highest BCUT2D eigenvalue weighted by atomic mass is 32.2. The first kappa shape index (κ1) is 13.2. The molecular weight excluding hydrogens is 232 g/mol. The van der Waals surface area contributed by atoms with Gasteiger partial charge in [-0.3, -0.25) is 10.1 Å². The molecule has 98 valence electrons. The van der Waals surface area contributed by atoms with Crippen molar-refractivity contribution >= 4 is 17.7 Å². The van der Waals surface area contributed by atoms with Crippen LogP contribution in [0.15, 0.2) is 0 Å². The summed E-state index contributed by atoms with van der Waals surface area (Å²) in [7, 11) is 0. The van der Waals surface area contributed by atoms with Crippen molar-refractivity contribution in [3.63, 3.8) is 0 Å². The van der Waals surface area contributed by atoms with Crippen LogP contribution in [-0.4, -0.2) is 41.6 Å². The smallest absolute Gasteiger partial charge is 0.237 e. The summed E-state index contributed by atoms with van der Waals surface area (Å²) in [4.78, 5) is 14.0. The number of carbonyl (C=O) groups excluding carboxylic acids is 1. The molecule has 2 saturated heterocycles. The van der Waals surface area contributed by atoms with Gasteiger partial charge >= 0.3 is 0 Å². The van der Waals surface area contributed by atoms with Gasteiger partial charge in [-0.25, -0.2) is 0 Å². The molecule has 0 aliphatic carbocycles. The molecule has 0 radical (unpaired) electrons. The van der Waals surface area contributed by atoms with Gasteiger partial charge in [0.2, 0.25) is 5.91 Å². The highest BCUT2D eigenvalue weighted by Gasteiger charge is 2.32. The van der Waals surface area contributed by atoms with E-state index in [2.05, 4.69) is 24.1 Å². The minimum Gasteiger partial charge on any atom is -0.326 e. The molecule has 0 aromatic rings. The maximum absolute atomic E-state index is 11.9. The quantitative estimate of drug-likeness (QED) is 0.834. The molecule has 3 nitrogen and oxygen atoms in total. The van der Waals surface area contributed by atoms with Gasteiger partial charge in [-0.15, -0.1) is 0 Å². The van der Waals surface area contributed by atoms with Crippen LogP contribution in [-0.2, 0) is 4.79 Å². The number of nitrogens with one attached hydrogen (secondary N) is 1. The van der Waals surface area contributed by atoms with Gasteiger partial charge in [0.1, 0.15) is 0 Å². The second kappa shape index (κ2) is 6.10. The fraction of sp³-hybridized carbons (Fsp3) is 0.923. The molecule has 2 aliphatic rings. The summed E-state index contributed by atoms with van der Waals surface area (Å²) < 4.78 is 0. The fourth-order valence-corrected chi connectivity index (χ4v) is 3.89. The van der Waals surface area contributed by atoms with Crippen LogP contribution in [0.4, 0.5) is 0 Å². The van der Waals surface area contributed by atoms with Gasteiger partial charge in [0, 0.05) is 6.54 Å². The van der Waals surface area contributed by atoms with E-state index in [1.54, 1.807) is 0 Å². The highest BCUT2D eigenvalue weighted by Crippen LogP contribution is 2.25. The Morgan fingerprint density at radius 3 is 2.76 bits per heavy atom. The molecule has 2 rings (SSSR count). The highest BCUT2D eigenvalue weighted by molar-refractivity contribution is 7.99. The van der Waals surface area contributed by atoms with E-state index in [1.165, 1.54) is 24.3 Å². The van der Waals surface area contributed by atoms with Crippen molar-refractivity contribution in [1.29, 1.82) is 0 Å². The molecule has 17 heavy (non-hydrogen) atoms. The molecule has 2 aliphatic heterocycles. The average Bonchev–Trinajstić information content (AvgIpc) is 2.62. The number of nitrogens with zero attached hydrogens (tertiary/aromatic N) is 1. The topological polar surface area (TPSA) is 32.3 Å². The number of thioether (sulfide) groups is 1. The molecule has 0 spiro atoms. The third-order valence-electron chi connectivity index (χ3n) is 3.68. The molecule has 0 aromatic heterocycles. The SMILES string of the molecule is CC(C)CC1NCC(=O)N1CC1CCSCC1. The van der Waals surface area contributed by atoms with Gasteiger partial charge < -0.3 is 4.90 Å². The molecule has 0 saturated carbocycles. The molecular formula is C13H24N2OS. The van der Waals surface area contributed by atoms with Crippen molar-refractivity contribution in [1.82, 2.24) is 10.2 Å². The van der Waals surface area contributed by atoms with E-state index >= 15 is 0 Å². The Kier molecular flexibility index (Phi) is 4.74. The number of hydrogen-bond acceptors (Lipinski definition) is 3. The van der Waals surface area contributed by atoms with E-state index in [-0.39, 0.29) is 6.17 Å². The Labute approximate surface area is 109 Å². The van der Waals surface area contributed by atoms with Crippen LogP contribution < -0.4 is 5.32 Å². The summed E-state index contributed by atoms with van der Waals surface area (Å²) in [6.45, 7) is 5.96. The summed E-state index contributed by atoms with van der Waals surface area (Å²) in [6, 6.07) is 0. The molecule has 1 N–H and O–H groups in total. The van der Waals surface area contributed by atoms with Crippen LogP contribution in [0.5, 0.6) is 0 Å². The maximum Gasteiger partial charge on any atom is 0.237 e. The Morgan fingerprint density at radius 1 is 1.41 bits per heavy atom. The van der Waals surface area contributed by atoms with Crippen molar-refractivity contribution in [3.05, 3.63) is 0 Å². The summed E-state index contributed by atoms with van der Waals surface area (Å²) in [5.74, 6) is 4.22. The van der Waals surface area contributed by atoms with Crippen LogP contribution in [0.25, 0.3) is 0 Å². The number of hydrogen-bond donors (Lipinski definition) is 1. The second-order valence-electron chi connectivity index (χ2n) is 5.63. The van der Waals surface area contributed by atoms with Gasteiger partial charge in [0.15, 0.2) is 0 Å². The lowest BCUT2D eigenvalue weighted by molar-refractivity contribution is -0.128. The van der Waals surface area contributed by atoms with Gasteiger partial charge in [-0.1, -0.05) is 13.8 Å². The maximum atomic E-state index is 11.9. The van der Waals surface area contributed by atoms with Crippen LogP contribution in [0.1, 0.15) is 33.1 Å². The first-order valence-corrected chi connectivity index (χ1v) is 7.93.